The molecule has 0 aliphatic carbocycles. The minimum absolute atomic E-state index is 0.0395. The van der Waals surface area contributed by atoms with Crippen molar-refractivity contribution in [1.82, 2.24) is 9.88 Å². The number of piperidine rings is 1. The Kier molecular flexibility index (Phi) is 6.69. The summed E-state index contributed by atoms with van der Waals surface area (Å²) < 4.78 is 5.85. The van der Waals surface area contributed by atoms with Crippen molar-refractivity contribution in [2.45, 2.75) is 32.2 Å². The van der Waals surface area contributed by atoms with Crippen molar-refractivity contribution in [1.29, 1.82) is 0 Å². The molecule has 27 heavy (non-hydrogen) atoms. The van der Waals surface area contributed by atoms with Crippen LogP contribution in [0.4, 0.5) is 0 Å². The number of halogens is 1. The van der Waals surface area contributed by atoms with E-state index in [0.29, 0.717) is 24.6 Å². The number of nitrogens with zero attached hydrogens (tertiary/aromatic N) is 2. The molecule has 6 heteroatoms. The molecule has 0 bridgehead atoms. The Balaban J connectivity index is 1.97. The van der Waals surface area contributed by atoms with Gasteiger partial charge in [0.05, 0.1) is 12.5 Å². The van der Waals surface area contributed by atoms with Crippen molar-refractivity contribution >= 4 is 17.6 Å². The maximum atomic E-state index is 11.6. The van der Waals surface area contributed by atoms with E-state index in [9.17, 15) is 9.90 Å². The summed E-state index contributed by atoms with van der Waals surface area (Å²) in [5.74, 6) is -0.285. The lowest BCUT2D eigenvalue weighted by atomic mass is 9.92. The molecule has 0 saturated carbocycles. The van der Waals surface area contributed by atoms with E-state index >= 15 is 0 Å². The molecule has 1 fully saturated rings. The second kappa shape index (κ2) is 9.20. The molecule has 5 nitrogen and oxygen atoms in total. The van der Waals surface area contributed by atoms with Crippen LogP contribution < -0.4 is 4.74 Å². The molecule has 0 radical (unpaired) electrons. The molecule has 0 spiro atoms. The molecule has 3 rings (SSSR count). The number of carboxylic acids is 1. The molecule has 1 aliphatic rings. The van der Waals surface area contributed by atoms with Crippen LogP contribution in [0, 0.1) is 5.92 Å². The number of carbonyl (C=O) groups is 1. The zero-order chi connectivity index (χ0) is 19.2. The van der Waals surface area contributed by atoms with Gasteiger partial charge in [-0.3, -0.25) is 14.7 Å². The van der Waals surface area contributed by atoms with Crippen molar-refractivity contribution in [3.8, 4) is 5.75 Å². The third-order valence-electron chi connectivity index (χ3n) is 5.00. The summed E-state index contributed by atoms with van der Waals surface area (Å²) in [5.41, 5.74) is 1.95. The first-order valence-corrected chi connectivity index (χ1v) is 9.75. The molecule has 1 aliphatic heterocycles. The van der Waals surface area contributed by atoms with Gasteiger partial charge in [0, 0.05) is 41.5 Å². The van der Waals surface area contributed by atoms with Crippen molar-refractivity contribution in [3.05, 3.63) is 58.9 Å². The predicted octanol–water partition coefficient (Wildman–Crippen LogP) is 4.21. The van der Waals surface area contributed by atoms with Gasteiger partial charge in [0.2, 0.25) is 0 Å². The summed E-state index contributed by atoms with van der Waals surface area (Å²) in [6.45, 7) is 3.88. The van der Waals surface area contributed by atoms with E-state index in [2.05, 4.69) is 9.88 Å². The molecule has 2 atom stereocenters. The number of hydrogen-bond acceptors (Lipinski definition) is 4. The number of hydrogen-bond donors (Lipinski definition) is 1. The van der Waals surface area contributed by atoms with E-state index in [4.69, 9.17) is 16.3 Å². The number of aliphatic carboxylic acids is 1. The van der Waals surface area contributed by atoms with Crippen molar-refractivity contribution in [2.75, 3.05) is 19.7 Å². The highest BCUT2D eigenvalue weighted by Gasteiger charge is 2.32. The van der Waals surface area contributed by atoms with Gasteiger partial charge in [-0.25, -0.2) is 0 Å². The first-order chi connectivity index (χ1) is 13.1. The molecule has 1 aromatic heterocycles. The molecular weight excluding hydrogens is 364 g/mol. The Morgan fingerprint density at radius 2 is 2.26 bits per heavy atom. The summed E-state index contributed by atoms with van der Waals surface area (Å²) in [6.07, 6.45) is 4.04. The van der Waals surface area contributed by atoms with E-state index in [0.717, 1.165) is 36.4 Å². The number of likely N-dealkylation sites (tertiary alicyclic amines) is 1. The number of rotatable bonds is 7. The van der Waals surface area contributed by atoms with Gasteiger partial charge in [-0.1, -0.05) is 17.7 Å². The van der Waals surface area contributed by atoms with E-state index < -0.39 is 5.97 Å². The van der Waals surface area contributed by atoms with Gasteiger partial charge in [0.1, 0.15) is 5.75 Å². The van der Waals surface area contributed by atoms with Crippen LogP contribution in [-0.2, 0) is 11.2 Å². The molecule has 1 N–H and O–H groups in total. The standard InChI is InChI=1S/C21H25ClN2O3/c1-2-27-20-9-8-16(22)12-18(20)19(13-17-7-3-4-10-23-17)24-11-5-6-15(14-24)21(25)26/h3-4,7-10,12,15,19H,2,5-6,11,13-14H2,1H3,(H,25,26). The van der Waals surface area contributed by atoms with Crippen LogP contribution in [0.1, 0.15) is 37.1 Å². The zero-order valence-corrected chi connectivity index (χ0v) is 16.2. The Labute approximate surface area is 164 Å². The minimum atomic E-state index is -0.729. The lowest BCUT2D eigenvalue weighted by Crippen LogP contribution is -2.41. The second-order valence-electron chi connectivity index (χ2n) is 6.83. The SMILES string of the molecule is CCOc1ccc(Cl)cc1C(Cc1ccccn1)N1CCCC(C(=O)O)C1. The number of ether oxygens (including phenoxy) is 1. The Morgan fingerprint density at radius 3 is 2.96 bits per heavy atom. The van der Waals surface area contributed by atoms with Crippen LogP contribution in [0.5, 0.6) is 5.75 Å². The number of aromatic nitrogens is 1. The average Bonchev–Trinajstić information content (AvgIpc) is 2.68. The van der Waals surface area contributed by atoms with E-state index in [1.807, 2.05) is 43.3 Å². The highest BCUT2D eigenvalue weighted by atomic mass is 35.5. The van der Waals surface area contributed by atoms with Crippen molar-refractivity contribution in [2.24, 2.45) is 5.92 Å². The van der Waals surface area contributed by atoms with E-state index in [1.54, 1.807) is 6.20 Å². The maximum Gasteiger partial charge on any atom is 0.307 e. The number of benzene rings is 1. The number of pyridine rings is 1. The van der Waals surface area contributed by atoms with Crippen molar-refractivity contribution in [3.63, 3.8) is 0 Å². The van der Waals surface area contributed by atoms with Crippen LogP contribution in [0.2, 0.25) is 5.02 Å². The molecule has 1 aromatic carbocycles. The summed E-state index contributed by atoms with van der Waals surface area (Å²) in [5, 5.41) is 10.1. The van der Waals surface area contributed by atoms with Gasteiger partial charge in [0.15, 0.2) is 0 Å². The van der Waals surface area contributed by atoms with Gasteiger partial charge < -0.3 is 9.84 Å². The normalized spacial score (nSPS) is 18.8. The predicted molar refractivity (Wildman–Crippen MR) is 105 cm³/mol. The van der Waals surface area contributed by atoms with Crippen molar-refractivity contribution < 1.29 is 14.6 Å². The highest BCUT2D eigenvalue weighted by molar-refractivity contribution is 6.30. The first kappa shape index (κ1) is 19.6. The van der Waals surface area contributed by atoms with Gasteiger partial charge in [-0.05, 0) is 56.6 Å². The maximum absolute atomic E-state index is 11.6. The van der Waals surface area contributed by atoms with Crippen LogP contribution in [0.15, 0.2) is 42.6 Å². The average molecular weight is 389 g/mol. The lowest BCUT2D eigenvalue weighted by Gasteiger charge is -2.37. The quantitative estimate of drug-likeness (QED) is 0.769. The molecule has 0 amide bonds. The fraction of sp³-hybridized carbons (Fsp3) is 0.429. The fourth-order valence-electron chi connectivity index (χ4n) is 3.71. The molecule has 2 heterocycles. The largest absolute Gasteiger partial charge is 0.494 e. The monoisotopic (exact) mass is 388 g/mol. The Bertz CT molecular complexity index is 769. The second-order valence-corrected chi connectivity index (χ2v) is 7.26. The molecule has 2 unspecified atom stereocenters. The third-order valence-corrected chi connectivity index (χ3v) is 5.24. The van der Waals surface area contributed by atoms with Gasteiger partial charge >= 0.3 is 5.97 Å². The topological polar surface area (TPSA) is 62.7 Å². The highest BCUT2D eigenvalue weighted by Crippen LogP contribution is 2.36. The van der Waals surface area contributed by atoms with Crippen LogP contribution >= 0.6 is 11.6 Å². The minimum Gasteiger partial charge on any atom is -0.494 e. The van der Waals surface area contributed by atoms with Crippen LogP contribution in [-0.4, -0.2) is 40.7 Å². The van der Waals surface area contributed by atoms with E-state index in [1.165, 1.54) is 0 Å². The summed E-state index contributed by atoms with van der Waals surface area (Å²) in [7, 11) is 0. The summed E-state index contributed by atoms with van der Waals surface area (Å²) in [6, 6.07) is 11.5. The zero-order valence-electron chi connectivity index (χ0n) is 15.5. The molecule has 1 saturated heterocycles. The Morgan fingerprint density at radius 1 is 1.41 bits per heavy atom. The summed E-state index contributed by atoms with van der Waals surface area (Å²) >= 11 is 6.30. The van der Waals surface area contributed by atoms with Gasteiger partial charge in [-0.2, -0.15) is 0 Å². The first-order valence-electron chi connectivity index (χ1n) is 9.37. The van der Waals surface area contributed by atoms with Crippen LogP contribution in [0.3, 0.4) is 0 Å². The number of carboxylic acid groups (broad SMARTS) is 1. The van der Waals surface area contributed by atoms with Gasteiger partial charge in [0.25, 0.3) is 0 Å². The summed E-state index contributed by atoms with van der Waals surface area (Å²) in [4.78, 5) is 18.3. The van der Waals surface area contributed by atoms with E-state index in [-0.39, 0.29) is 12.0 Å². The smallest absolute Gasteiger partial charge is 0.307 e. The molecule has 2 aromatic rings. The molecular formula is C21H25ClN2O3. The Hall–Kier alpha value is -2.11. The van der Waals surface area contributed by atoms with Crippen LogP contribution in [0.25, 0.3) is 0 Å². The third kappa shape index (κ3) is 4.99. The van der Waals surface area contributed by atoms with Gasteiger partial charge in [-0.15, -0.1) is 0 Å². The fourth-order valence-corrected chi connectivity index (χ4v) is 3.89. The molecule has 144 valence electrons. The lowest BCUT2D eigenvalue weighted by molar-refractivity contribution is -0.144.